The van der Waals surface area contributed by atoms with Gasteiger partial charge in [0, 0.05) is 6.92 Å². The lowest BCUT2D eigenvalue weighted by atomic mass is 10.1. The molecule has 0 atom stereocenters. The van der Waals surface area contributed by atoms with Crippen molar-refractivity contribution in [3.63, 3.8) is 0 Å². The molecule has 5 heteroatoms. The van der Waals surface area contributed by atoms with E-state index in [4.69, 9.17) is 4.74 Å². The number of aryl methyl sites for hydroxylation is 3. The van der Waals surface area contributed by atoms with Gasteiger partial charge in [0.05, 0.1) is 24.2 Å². The fraction of sp³-hybridized carbons (Fsp3) is 0.333. The molecule has 0 radical (unpaired) electrons. The smallest absolute Gasteiger partial charge is 0.221 e. The second kappa shape index (κ2) is 6.23. The van der Waals surface area contributed by atoms with Gasteiger partial charge in [-0.2, -0.15) is 5.10 Å². The van der Waals surface area contributed by atoms with Gasteiger partial charge in [0.15, 0.2) is 0 Å². The number of rotatable bonds is 5. The van der Waals surface area contributed by atoms with E-state index < -0.39 is 0 Å². The second-order valence-electron chi connectivity index (χ2n) is 4.70. The van der Waals surface area contributed by atoms with Crippen LogP contribution in [-0.4, -0.2) is 23.2 Å². The van der Waals surface area contributed by atoms with Crippen molar-refractivity contribution in [2.75, 3.05) is 12.4 Å². The highest BCUT2D eigenvalue weighted by molar-refractivity contribution is 5.89. The summed E-state index contributed by atoms with van der Waals surface area (Å²) in [5.41, 5.74) is 3.77. The number of carbonyl (C=O) groups is 1. The summed E-state index contributed by atoms with van der Waals surface area (Å²) in [4.78, 5) is 11.2. The van der Waals surface area contributed by atoms with Crippen LogP contribution < -0.4 is 10.1 Å². The summed E-state index contributed by atoms with van der Waals surface area (Å²) >= 11 is 0. The molecule has 0 fully saturated rings. The second-order valence-corrected chi connectivity index (χ2v) is 4.70. The molecule has 0 spiro atoms. The minimum atomic E-state index is -0.0832. The molecule has 20 heavy (non-hydrogen) atoms. The largest absolute Gasteiger partial charge is 0.497 e. The van der Waals surface area contributed by atoms with Gasteiger partial charge in [-0.25, -0.2) is 0 Å². The van der Waals surface area contributed by atoms with E-state index in [0.29, 0.717) is 0 Å². The van der Waals surface area contributed by atoms with Gasteiger partial charge >= 0.3 is 0 Å². The van der Waals surface area contributed by atoms with Crippen LogP contribution in [0.15, 0.2) is 24.3 Å². The van der Waals surface area contributed by atoms with Gasteiger partial charge in [0.25, 0.3) is 0 Å². The molecule has 0 aliphatic rings. The number of aromatic nitrogens is 2. The topological polar surface area (TPSA) is 67.0 Å². The molecule has 0 bridgehead atoms. The first-order valence-electron chi connectivity index (χ1n) is 6.54. The third-order valence-electron chi connectivity index (χ3n) is 3.13. The molecular formula is C15H19N3O2. The predicted octanol–water partition coefficient (Wildman–Crippen LogP) is 2.47. The van der Waals surface area contributed by atoms with Crippen molar-refractivity contribution >= 4 is 11.6 Å². The number of nitrogens with one attached hydrogen (secondary N) is 2. The molecule has 0 aliphatic heterocycles. The molecule has 106 valence electrons. The maximum atomic E-state index is 11.2. The molecule has 1 heterocycles. The molecule has 2 rings (SSSR count). The summed E-state index contributed by atoms with van der Waals surface area (Å²) in [6.45, 7) is 3.40. The van der Waals surface area contributed by atoms with Crippen LogP contribution in [0, 0.1) is 6.92 Å². The number of hydrogen-bond acceptors (Lipinski definition) is 3. The fourth-order valence-corrected chi connectivity index (χ4v) is 2.06. The zero-order chi connectivity index (χ0) is 14.5. The SMILES string of the molecule is COc1ccc(CCc2n[nH]c(C)c2NC(C)=O)cc1. The highest BCUT2D eigenvalue weighted by Crippen LogP contribution is 2.20. The third kappa shape index (κ3) is 3.38. The Morgan fingerprint density at radius 2 is 2.00 bits per heavy atom. The van der Waals surface area contributed by atoms with Crippen molar-refractivity contribution in [1.29, 1.82) is 0 Å². The Kier molecular flexibility index (Phi) is 4.40. The number of anilines is 1. The first kappa shape index (κ1) is 14.1. The van der Waals surface area contributed by atoms with E-state index in [9.17, 15) is 4.79 Å². The predicted molar refractivity (Wildman–Crippen MR) is 78.0 cm³/mol. The lowest BCUT2D eigenvalue weighted by Gasteiger charge is -2.05. The number of methoxy groups -OCH3 is 1. The number of H-pyrrole nitrogens is 1. The van der Waals surface area contributed by atoms with Gasteiger partial charge in [-0.3, -0.25) is 9.89 Å². The normalized spacial score (nSPS) is 10.3. The van der Waals surface area contributed by atoms with Crippen molar-refractivity contribution in [3.8, 4) is 5.75 Å². The Hall–Kier alpha value is -2.30. The van der Waals surface area contributed by atoms with Crippen LogP contribution in [0.5, 0.6) is 5.75 Å². The van der Waals surface area contributed by atoms with E-state index in [2.05, 4.69) is 15.5 Å². The molecule has 1 aromatic heterocycles. The van der Waals surface area contributed by atoms with E-state index in [1.807, 2.05) is 31.2 Å². The van der Waals surface area contributed by atoms with Crippen LogP contribution in [0.1, 0.15) is 23.9 Å². The number of benzene rings is 1. The van der Waals surface area contributed by atoms with Gasteiger partial charge in [-0.05, 0) is 37.5 Å². The molecule has 2 aromatic rings. The number of carbonyl (C=O) groups excluding carboxylic acids is 1. The lowest BCUT2D eigenvalue weighted by molar-refractivity contribution is -0.114. The van der Waals surface area contributed by atoms with E-state index in [0.717, 1.165) is 35.7 Å². The maximum absolute atomic E-state index is 11.2. The van der Waals surface area contributed by atoms with Crippen LogP contribution in [0.25, 0.3) is 0 Å². The Morgan fingerprint density at radius 1 is 1.30 bits per heavy atom. The lowest BCUT2D eigenvalue weighted by Crippen LogP contribution is -2.08. The molecule has 5 nitrogen and oxygen atoms in total. The molecule has 0 aliphatic carbocycles. The summed E-state index contributed by atoms with van der Waals surface area (Å²) in [5.74, 6) is 0.767. The van der Waals surface area contributed by atoms with Crippen molar-refractivity contribution in [3.05, 3.63) is 41.2 Å². The summed E-state index contributed by atoms with van der Waals surface area (Å²) in [6.07, 6.45) is 1.63. The Morgan fingerprint density at radius 3 is 2.60 bits per heavy atom. The quantitative estimate of drug-likeness (QED) is 0.879. The molecule has 0 saturated heterocycles. The minimum absolute atomic E-state index is 0.0832. The zero-order valence-corrected chi connectivity index (χ0v) is 12.0. The van der Waals surface area contributed by atoms with Crippen LogP contribution >= 0.6 is 0 Å². The number of ether oxygens (including phenoxy) is 1. The molecule has 0 saturated carbocycles. The van der Waals surface area contributed by atoms with Gasteiger partial charge in [0.1, 0.15) is 5.75 Å². The zero-order valence-electron chi connectivity index (χ0n) is 12.0. The molecule has 0 unspecified atom stereocenters. The average Bonchev–Trinajstić information content (AvgIpc) is 2.78. The number of amides is 1. The van der Waals surface area contributed by atoms with Crippen molar-refractivity contribution in [2.24, 2.45) is 0 Å². The molecule has 1 amide bonds. The molecule has 1 aromatic carbocycles. The molecular weight excluding hydrogens is 254 g/mol. The standard InChI is InChI=1S/C15H19N3O2/c1-10-15(16-11(2)19)14(18-17-10)9-6-12-4-7-13(20-3)8-5-12/h4-5,7-8H,6,9H2,1-3H3,(H,16,19)(H,17,18). The van der Waals surface area contributed by atoms with Gasteiger partial charge < -0.3 is 10.1 Å². The number of hydrogen-bond donors (Lipinski definition) is 2. The summed E-state index contributed by atoms with van der Waals surface area (Å²) < 4.78 is 5.13. The first-order valence-corrected chi connectivity index (χ1v) is 6.54. The Balaban J connectivity index is 2.04. The van der Waals surface area contributed by atoms with Crippen molar-refractivity contribution in [1.82, 2.24) is 10.2 Å². The third-order valence-corrected chi connectivity index (χ3v) is 3.13. The van der Waals surface area contributed by atoms with Gasteiger partial charge in [-0.15, -0.1) is 0 Å². The highest BCUT2D eigenvalue weighted by atomic mass is 16.5. The van der Waals surface area contributed by atoms with Gasteiger partial charge in [0.2, 0.25) is 5.91 Å². The summed E-state index contributed by atoms with van der Waals surface area (Å²) in [6, 6.07) is 7.96. The van der Waals surface area contributed by atoms with E-state index >= 15 is 0 Å². The van der Waals surface area contributed by atoms with E-state index in [1.165, 1.54) is 12.5 Å². The van der Waals surface area contributed by atoms with Crippen LogP contribution in [0.4, 0.5) is 5.69 Å². The summed E-state index contributed by atoms with van der Waals surface area (Å²) in [7, 11) is 1.65. The minimum Gasteiger partial charge on any atom is -0.497 e. The van der Waals surface area contributed by atoms with E-state index in [1.54, 1.807) is 7.11 Å². The fourth-order valence-electron chi connectivity index (χ4n) is 2.06. The van der Waals surface area contributed by atoms with Crippen molar-refractivity contribution < 1.29 is 9.53 Å². The van der Waals surface area contributed by atoms with Crippen LogP contribution in [-0.2, 0) is 17.6 Å². The monoisotopic (exact) mass is 273 g/mol. The number of nitrogens with zero attached hydrogens (tertiary/aromatic N) is 1. The van der Waals surface area contributed by atoms with Gasteiger partial charge in [-0.1, -0.05) is 12.1 Å². The van der Waals surface area contributed by atoms with Crippen LogP contribution in [0.3, 0.4) is 0 Å². The Labute approximate surface area is 118 Å². The average molecular weight is 273 g/mol. The number of aromatic amines is 1. The maximum Gasteiger partial charge on any atom is 0.221 e. The highest BCUT2D eigenvalue weighted by Gasteiger charge is 2.11. The first-order chi connectivity index (χ1) is 9.60. The summed E-state index contributed by atoms with van der Waals surface area (Å²) in [5, 5.41) is 9.99. The van der Waals surface area contributed by atoms with Crippen LogP contribution in [0.2, 0.25) is 0 Å². The molecule has 2 N–H and O–H groups in total. The van der Waals surface area contributed by atoms with E-state index in [-0.39, 0.29) is 5.91 Å². The van der Waals surface area contributed by atoms with Crippen molar-refractivity contribution in [2.45, 2.75) is 26.7 Å². The Bertz CT molecular complexity index is 588.